The van der Waals surface area contributed by atoms with Crippen molar-refractivity contribution >= 4 is 72.3 Å². The summed E-state index contributed by atoms with van der Waals surface area (Å²) in [6, 6.07) is 28.3. The van der Waals surface area contributed by atoms with Gasteiger partial charge in [0.15, 0.2) is 116 Å². The van der Waals surface area contributed by atoms with Gasteiger partial charge in [-0.15, -0.1) is 0 Å². The molecule has 0 nitrogen and oxygen atoms in total. The topological polar surface area (TPSA) is 0 Å². The third kappa shape index (κ3) is 10.1. The second-order valence-corrected chi connectivity index (χ2v) is 23.2. The SMILES string of the molecule is C[C@@H]1C/C(B(c2c(F)c(F)c(F)c(F)c2F)c2c(F)c(F)c(F)c(F)c2F)=C(/P(c2ccccc2)c2ccccc2)[C@@H](C)C/C(B(c2c(F)c(F)c(F)c(F)c2F)c2c(F)c(F)c(F)c(F)c2F)=C\1P(c1ccccc1)c1ccccc1. The first-order valence-corrected chi connectivity index (χ1v) is 26.9. The second-order valence-electron chi connectivity index (χ2n) is 18.8. The van der Waals surface area contributed by atoms with Crippen LogP contribution >= 0.6 is 15.8 Å². The predicted molar refractivity (Wildman–Crippen MR) is 275 cm³/mol. The van der Waals surface area contributed by atoms with Crippen LogP contribution in [-0.4, -0.2) is 13.4 Å². The highest BCUT2D eigenvalue weighted by atomic mass is 31.1. The van der Waals surface area contributed by atoms with E-state index in [9.17, 15) is 0 Å². The third-order valence-electron chi connectivity index (χ3n) is 14.0. The Bertz CT molecular complexity index is 3300. The first kappa shape index (κ1) is 59.5. The molecule has 420 valence electrons. The Morgan fingerprint density at radius 3 is 0.585 bits per heavy atom. The summed E-state index contributed by atoms with van der Waals surface area (Å²) in [5.74, 6) is -59.9. The lowest BCUT2D eigenvalue weighted by Gasteiger charge is -2.40. The molecule has 1 aliphatic rings. The Morgan fingerprint density at radius 2 is 0.415 bits per heavy atom. The minimum Gasteiger partial charge on any atom is -0.204 e. The van der Waals surface area contributed by atoms with Crippen molar-refractivity contribution in [3.8, 4) is 0 Å². The summed E-state index contributed by atoms with van der Waals surface area (Å²) >= 11 is 0. The van der Waals surface area contributed by atoms with E-state index in [2.05, 4.69) is 0 Å². The van der Waals surface area contributed by atoms with Crippen LogP contribution in [-0.2, 0) is 0 Å². The molecule has 0 radical (unpaired) electrons. The van der Waals surface area contributed by atoms with Gasteiger partial charge in [-0.2, -0.15) is 0 Å². The fraction of sp³-hybridized carbons (Fsp3) is 0.103. The van der Waals surface area contributed by atoms with E-state index in [1.165, 1.54) is 121 Å². The number of hydrogen-bond acceptors (Lipinski definition) is 0. The highest BCUT2D eigenvalue weighted by Gasteiger charge is 2.49. The third-order valence-corrected chi connectivity index (χ3v) is 19.7. The van der Waals surface area contributed by atoms with Gasteiger partial charge in [0.25, 0.3) is 13.4 Å². The van der Waals surface area contributed by atoms with Gasteiger partial charge in [-0.1, -0.05) is 146 Å². The maximum absolute atomic E-state index is 16.9. The molecule has 0 amide bonds. The van der Waals surface area contributed by atoms with Crippen molar-refractivity contribution < 1.29 is 87.8 Å². The molecule has 0 aromatic heterocycles. The highest BCUT2D eigenvalue weighted by molar-refractivity contribution is 7.77. The first-order valence-electron chi connectivity index (χ1n) is 24.3. The predicted octanol–water partition coefficient (Wildman–Crippen LogP) is 13.3. The van der Waals surface area contributed by atoms with Crippen LogP contribution in [0.1, 0.15) is 26.7 Å². The molecule has 2 atom stereocenters. The molecule has 82 heavy (non-hydrogen) atoms. The van der Waals surface area contributed by atoms with Crippen molar-refractivity contribution in [3.63, 3.8) is 0 Å². The molecule has 9 rings (SSSR count). The van der Waals surface area contributed by atoms with Crippen molar-refractivity contribution in [2.45, 2.75) is 26.7 Å². The monoisotopic (exact) mass is 1190 g/mol. The first-order chi connectivity index (χ1) is 38.9. The fourth-order valence-corrected chi connectivity index (χ4v) is 16.3. The maximum atomic E-state index is 16.9. The van der Waals surface area contributed by atoms with E-state index in [0.717, 1.165) is 13.8 Å². The van der Waals surface area contributed by atoms with Crippen LogP contribution in [0.15, 0.2) is 143 Å². The smallest absolute Gasteiger partial charge is 0.204 e. The van der Waals surface area contributed by atoms with Crippen LogP contribution in [0.25, 0.3) is 0 Å². The van der Waals surface area contributed by atoms with Crippen molar-refractivity contribution in [3.05, 3.63) is 259 Å². The van der Waals surface area contributed by atoms with Gasteiger partial charge in [-0.05, 0) is 72.4 Å². The Kier molecular flexibility index (Phi) is 17.1. The van der Waals surface area contributed by atoms with E-state index in [-0.39, 0.29) is 21.2 Å². The second kappa shape index (κ2) is 23.6. The molecule has 0 bridgehead atoms. The van der Waals surface area contributed by atoms with E-state index in [1.807, 2.05) is 0 Å². The number of halogens is 20. The van der Waals surface area contributed by atoms with Gasteiger partial charge in [-0.25, -0.2) is 87.8 Å². The standard InChI is InChI=1S/C58H32B2F20P2/c1-25-23-31(59(33-37(61)45(69)53(77)46(70)38(33)62)34-39(63)47(71)54(78)48(72)40(34)64)58(82(29-19-11-5-12-20-29)30-21-13-6-14-22-30)26(2)24-32(57(25)81(27-15-7-3-8-16-27)28-17-9-4-10-18-28)60(35-41(65)49(73)55(79)50(74)42(35)66)36-43(67)51(75)56(80)52(76)44(36)68/h3-22,25-26H,23-24H2,1-2H3/b57-32-,58-31-/t25-,26+. The van der Waals surface area contributed by atoms with Crippen LogP contribution in [0.4, 0.5) is 87.8 Å². The molecular formula is C58H32B2F20P2. The molecular weight excluding hydrogens is 1160 g/mol. The number of rotatable bonds is 12. The molecule has 0 aliphatic heterocycles. The highest BCUT2D eigenvalue weighted by Crippen LogP contribution is 2.57. The lowest BCUT2D eigenvalue weighted by molar-refractivity contribution is 0.382. The Balaban J connectivity index is 1.56. The lowest BCUT2D eigenvalue weighted by atomic mass is 9.32. The quantitative estimate of drug-likeness (QED) is 0.0376. The fourth-order valence-electron chi connectivity index (χ4n) is 10.6. The van der Waals surface area contributed by atoms with E-state index >= 15 is 87.8 Å². The van der Waals surface area contributed by atoms with Crippen LogP contribution in [0.3, 0.4) is 0 Å². The Morgan fingerprint density at radius 1 is 0.256 bits per heavy atom. The van der Waals surface area contributed by atoms with Crippen molar-refractivity contribution in [1.82, 2.24) is 0 Å². The molecule has 0 fully saturated rings. The van der Waals surface area contributed by atoms with Crippen LogP contribution in [0, 0.1) is 128 Å². The molecule has 0 saturated carbocycles. The zero-order chi connectivity index (χ0) is 59.5. The molecule has 8 aromatic carbocycles. The van der Waals surface area contributed by atoms with Gasteiger partial charge < -0.3 is 0 Å². The number of allylic oxidation sites excluding steroid dienone is 4. The van der Waals surface area contributed by atoms with Crippen LogP contribution in [0.5, 0.6) is 0 Å². The van der Waals surface area contributed by atoms with Gasteiger partial charge in [0, 0.05) is 21.9 Å². The summed E-state index contributed by atoms with van der Waals surface area (Å²) in [5.41, 5.74) is -10.5. The average Bonchev–Trinajstić information content (AvgIpc) is 3.10. The minimum absolute atomic E-state index is 0.113. The van der Waals surface area contributed by atoms with Gasteiger partial charge in [0.1, 0.15) is 0 Å². The summed E-state index contributed by atoms with van der Waals surface area (Å²) in [5, 5.41) is -0.507. The van der Waals surface area contributed by atoms with Crippen molar-refractivity contribution in [2.24, 2.45) is 11.8 Å². The van der Waals surface area contributed by atoms with Crippen LogP contribution in [0.2, 0.25) is 0 Å². The lowest BCUT2D eigenvalue weighted by Crippen LogP contribution is -2.54. The molecule has 0 saturated heterocycles. The minimum atomic E-state index is -3.30. The number of hydrogen-bond donors (Lipinski definition) is 0. The van der Waals surface area contributed by atoms with Gasteiger partial charge >= 0.3 is 0 Å². The molecule has 0 heterocycles. The number of benzene rings is 8. The largest absolute Gasteiger partial charge is 0.253 e. The average molecular weight is 1190 g/mol. The van der Waals surface area contributed by atoms with Gasteiger partial charge in [0.2, 0.25) is 0 Å². The van der Waals surface area contributed by atoms with E-state index in [4.69, 9.17) is 0 Å². The molecule has 24 heteroatoms. The van der Waals surface area contributed by atoms with E-state index in [1.54, 1.807) is 0 Å². The summed E-state index contributed by atoms with van der Waals surface area (Å²) in [6.45, 7) is -4.40. The summed E-state index contributed by atoms with van der Waals surface area (Å²) in [4.78, 5) is 0. The van der Waals surface area contributed by atoms with Gasteiger partial charge in [0.05, 0.1) is 0 Å². The molecule has 0 N–H and O–H groups in total. The van der Waals surface area contributed by atoms with E-state index in [0.29, 0.717) is 0 Å². The molecule has 1 aliphatic carbocycles. The molecule has 8 aromatic rings. The summed E-state index contributed by atoms with van der Waals surface area (Å²) < 4.78 is 323. The van der Waals surface area contributed by atoms with Gasteiger partial charge in [-0.3, -0.25) is 0 Å². The zero-order valence-corrected chi connectivity index (χ0v) is 43.5. The Hall–Kier alpha value is -7.17. The van der Waals surface area contributed by atoms with Crippen molar-refractivity contribution in [1.29, 1.82) is 0 Å². The molecule has 0 unspecified atom stereocenters. The maximum Gasteiger partial charge on any atom is 0.253 e. The zero-order valence-electron chi connectivity index (χ0n) is 41.7. The summed E-state index contributed by atoms with van der Waals surface area (Å²) in [6.07, 6.45) is -2.42. The van der Waals surface area contributed by atoms with Crippen LogP contribution < -0.4 is 43.1 Å². The summed E-state index contributed by atoms with van der Waals surface area (Å²) in [7, 11) is -5.39. The van der Waals surface area contributed by atoms with Crippen molar-refractivity contribution in [2.75, 3.05) is 0 Å². The van der Waals surface area contributed by atoms with E-state index < -0.39 is 214 Å². The normalized spacial score (nSPS) is 16.7. The molecule has 0 spiro atoms. The Labute approximate surface area is 456 Å².